The molecule has 1 saturated heterocycles. The Morgan fingerprint density at radius 2 is 1.93 bits per heavy atom. The summed E-state index contributed by atoms with van der Waals surface area (Å²) in [6.07, 6.45) is 1.69. The van der Waals surface area contributed by atoms with Gasteiger partial charge in [-0.3, -0.25) is 10.00 Å². The van der Waals surface area contributed by atoms with Gasteiger partial charge in [-0.05, 0) is 31.4 Å². The molecule has 2 aromatic heterocycles. The Hall–Kier alpha value is -2.88. The van der Waals surface area contributed by atoms with Gasteiger partial charge in [0.15, 0.2) is 5.65 Å². The summed E-state index contributed by atoms with van der Waals surface area (Å²) in [6.45, 7) is 1.16. The van der Waals surface area contributed by atoms with Crippen molar-refractivity contribution in [2.75, 3.05) is 19.6 Å². The van der Waals surface area contributed by atoms with Gasteiger partial charge in [0.25, 0.3) is 5.92 Å². The summed E-state index contributed by atoms with van der Waals surface area (Å²) in [7, 11) is 0. The molecule has 30 heavy (non-hydrogen) atoms. The highest BCUT2D eigenvalue weighted by atomic mass is 19.3. The van der Waals surface area contributed by atoms with Gasteiger partial charge in [-0.25, -0.2) is 23.5 Å². The fourth-order valence-corrected chi connectivity index (χ4v) is 3.64. The molecule has 6 nitrogen and oxygen atoms in total. The second-order valence-corrected chi connectivity index (χ2v) is 7.14. The fraction of sp³-hybridized carbons (Fsp3) is 0.400. The number of nitrogens with zero attached hydrogens (tertiary/aromatic N) is 4. The Morgan fingerprint density at radius 3 is 2.63 bits per heavy atom. The molecule has 1 aromatic carbocycles. The van der Waals surface area contributed by atoms with Crippen molar-refractivity contribution in [3.05, 3.63) is 54.1 Å². The second-order valence-electron chi connectivity index (χ2n) is 7.14. The number of likely N-dealkylation sites (tertiary alicyclic amines) is 1. The van der Waals surface area contributed by atoms with E-state index in [9.17, 15) is 17.6 Å². The van der Waals surface area contributed by atoms with Crippen molar-refractivity contribution >= 4 is 17.3 Å². The van der Waals surface area contributed by atoms with Gasteiger partial charge in [0.2, 0.25) is 0 Å². The van der Waals surface area contributed by atoms with Gasteiger partial charge < -0.3 is 0 Å². The summed E-state index contributed by atoms with van der Waals surface area (Å²) in [5.41, 5.74) is 2.42. The Morgan fingerprint density at radius 1 is 1.20 bits per heavy atom. The molecule has 1 aliphatic rings. The molecule has 1 fully saturated rings. The number of benzene rings is 1. The zero-order valence-corrected chi connectivity index (χ0v) is 16.1. The molecule has 1 unspecified atom stereocenters. The SMILES string of the molecule is FC1(F)CN(CCc2ccccc2)CCC1Cc1ncnc2[nH]ncc12.O=C(F)F. The molecule has 160 valence electrons. The van der Waals surface area contributed by atoms with Crippen LogP contribution in [0.2, 0.25) is 0 Å². The zero-order valence-electron chi connectivity index (χ0n) is 16.1. The summed E-state index contributed by atoms with van der Waals surface area (Å²) in [6, 6.07) is 10.0. The minimum atomic E-state index is -2.83. The van der Waals surface area contributed by atoms with Crippen LogP contribution in [0.3, 0.4) is 0 Å². The topological polar surface area (TPSA) is 74.8 Å². The van der Waals surface area contributed by atoms with E-state index in [4.69, 9.17) is 4.79 Å². The Balaban J connectivity index is 0.000000589. The first kappa shape index (κ1) is 21.8. The van der Waals surface area contributed by atoms with E-state index in [1.54, 1.807) is 6.20 Å². The van der Waals surface area contributed by atoms with Gasteiger partial charge in [-0.15, -0.1) is 8.78 Å². The minimum absolute atomic E-state index is 0.190. The lowest BCUT2D eigenvalue weighted by Crippen LogP contribution is -2.49. The monoisotopic (exact) mass is 423 g/mol. The molecule has 1 N–H and O–H groups in total. The fourth-order valence-electron chi connectivity index (χ4n) is 3.64. The highest BCUT2D eigenvalue weighted by Crippen LogP contribution is 2.35. The third-order valence-electron chi connectivity index (χ3n) is 5.16. The van der Waals surface area contributed by atoms with Crippen molar-refractivity contribution in [2.24, 2.45) is 5.92 Å². The van der Waals surface area contributed by atoms with Crippen molar-refractivity contribution < 1.29 is 22.4 Å². The quantitative estimate of drug-likeness (QED) is 0.493. The maximum atomic E-state index is 14.7. The standard InChI is InChI=1S/C19H21F2N5.CF2O/c20-19(21)12-26(8-6-14-4-2-1-3-5-14)9-7-15(19)10-17-16-11-24-25-18(16)23-13-22-17;2-1(3)4/h1-5,11,13,15H,6-10,12H2,(H,22,23,24,25);. The van der Waals surface area contributed by atoms with Crippen LogP contribution in [0, 0.1) is 5.92 Å². The number of hydrogen-bond donors (Lipinski definition) is 1. The lowest BCUT2D eigenvalue weighted by atomic mass is 9.88. The number of piperidine rings is 1. The van der Waals surface area contributed by atoms with Gasteiger partial charge in [0.1, 0.15) is 6.33 Å². The van der Waals surface area contributed by atoms with Gasteiger partial charge in [0, 0.05) is 12.5 Å². The number of alkyl halides is 2. The van der Waals surface area contributed by atoms with Crippen molar-refractivity contribution in [3.8, 4) is 0 Å². The van der Waals surface area contributed by atoms with E-state index in [1.807, 2.05) is 35.2 Å². The van der Waals surface area contributed by atoms with Gasteiger partial charge in [-0.2, -0.15) is 5.10 Å². The first-order chi connectivity index (χ1) is 14.3. The van der Waals surface area contributed by atoms with Crippen LogP contribution in [0.15, 0.2) is 42.9 Å². The predicted molar refractivity (Wildman–Crippen MR) is 103 cm³/mol. The minimum Gasteiger partial charge on any atom is -0.297 e. The largest absolute Gasteiger partial charge is 0.483 e. The molecule has 0 bridgehead atoms. The van der Waals surface area contributed by atoms with Crippen molar-refractivity contribution in [3.63, 3.8) is 0 Å². The van der Waals surface area contributed by atoms with E-state index >= 15 is 0 Å². The number of halogens is 4. The van der Waals surface area contributed by atoms with Crippen molar-refractivity contribution in [2.45, 2.75) is 25.2 Å². The summed E-state index contributed by atoms with van der Waals surface area (Å²) in [5.74, 6) is -3.43. The number of hydrogen-bond acceptors (Lipinski definition) is 5. The van der Waals surface area contributed by atoms with Gasteiger partial charge in [-0.1, -0.05) is 30.3 Å². The van der Waals surface area contributed by atoms with Crippen LogP contribution in [0.5, 0.6) is 0 Å². The number of carbonyl (C=O) groups excluding carboxylic acids is 1. The molecular weight excluding hydrogens is 402 g/mol. The van der Waals surface area contributed by atoms with Gasteiger partial charge in [0.05, 0.1) is 23.8 Å². The van der Waals surface area contributed by atoms with Crippen molar-refractivity contribution in [1.82, 2.24) is 25.1 Å². The van der Waals surface area contributed by atoms with Crippen LogP contribution < -0.4 is 0 Å². The summed E-state index contributed by atoms with van der Waals surface area (Å²) in [5, 5.41) is 7.43. The maximum absolute atomic E-state index is 14.7. The van der Waals surface area contributed by atoms with Crippen molar-refractivity contribution in [1.29, 1.82) is 0 Å². The second kappa shape index (κ2) is 9.75. The highest BCUT2D eigenvalue weighted by Gasteiger charge is 2.44. The van der Waals surface area contributed by atoms with Crippen LogP contribution in [0.1, 0.15) is 17.7 Å². The lowest BCUT2D eigenvalue weighted by Gasteiger charge is -2.38. The number of aromatic amines is 1. The van der Waals surface area contributed by atoms with E-state index in [1.165, 1.54) is 11.9 Å². The number of H-pyrrole nitrogens is 1. The molecule has 1 atom stereocenters. The maximum Gasteiger partial charge on any atom is 0.483 e. The molecule has 1 aliphatic heterocycles. The molecule has 0 saturated carbocycles. The third kappa shape index (κ3) is 5.82. The first-order valence-electron chi connectivity index (χ1n) is 9.47. The number of nitrogens with one attached hydrogen (secondary N) is 1. The molecule has 3 heterocycles. The molecule has 0 spiro atoms. The summed E-state index contributed by atoms with van der Waals surface area (Å²) >= 11 is 0. The van der Waals surface area contributed by atoms with Crippen LogP contribution >= 0.6 is 0 Å². The average molecular weight is 423 g/mol. The van der Waals surface area contributed by atoms with Crippen LogP contribution in [-0.2, 0) is 12.8 Å². The van der Waals surface area contributed by atoms with E-state index < -0.39 is 18.1 Å². The molecule has 4 rings (SSSR count). The number of carbonyl (C=O) groups is 1. The van der Waals surface area contributed by atoms with Crippen LogP contribution in [0.25, 0.3) is 11.0 Å². The Kier molecular flexibility index (Phi) is 7.09. The molecule has 10 heteroatoms. The third-order valence-corrected chi connectivity index (χ3v) is 5.16. The van der Waals surface area contributed by atoms with E-state index in [0.717, 1.165) is 11.8 Å². The Bertz CT molecular complexity index is 962. The Labute approximate surface area is 170 Å². The summed E-state index contributed by atoms with van der Waals surface area (Å²) < 4.78 is 48.9. The van der Waals surface area contributed by atoms with Crippen LogP contribution in [-0.4, -0.2) is 56.9 Å². The first-order valence-corrected chi connectivity index (χ1v) is 9.47. The molecule has 0 aliphatic carbocycles. The number of fused-ring (bicyclic) bond motifs is 1. The molecule has 3 aromatic rings. The molecular formula is C20H21F4N5O. The number of rotatable bonds is 5. The predicted octanol–water partition coefficient (Wildman–Crippen LogP) is 4.14. The van der Waals surface area contributed by atoms with Crippen LogP contribution in [0.4, 0.5) is 22.4 Å². The van der Waals surface area contributed by atoms with Gasteiger partial charge >= 0.3 is 6.29 Å². The summed E-state index contributed by atoms with van der Waals surface area (Å²) in [4.78, 5) is 18.3. The molecule has 0 amide bonds. The number of aromatic nitrogens is 4. The lowest BCUT2D eigenvalue weighted by molar-refractivity contribution is -0.110. The smallest absolute Gasteiger partial charge is 0.297 e. The molecule has 0 radical (unpaired) electrons. The normalized spacial score (nSPS) is 18.6. The highest BCUT2D eigenvalue weighted by molar-refractivity contribution is 5.76. The van der Waals surface area contributed by atoms with E-state index in [-0.39, 0.29) is 13.0 Å². The van der Waals surface area contributed by atoms with E-state index in [2.05, 4.69) is 20.2 Å². The zero-order chi connectivity index (χ0) is 21.6. The van der Waals surface area contributed by atoms with E-state index in [0.29, 0.717) is 30.9 Å². The average Bonchev–Trinajstić information content (AvgIpc) is 3.18.